The van der Waals surface area contributed by atoms with Crippen LogP contribution in [0.3, 0.4) is 0 Å². The van der Waals surface area contributed by atoms with Crippen LogP contribution in [0.1, 0.15) is 12.5 Å². The van der Waals surface area contributed by atoms with Crippen LogP contribution in [0, 0.1) is 0 Å². The van der Waals surface area contributed by atoms with Crippen molar-refractivity contribution < 1.29 is 31.5 Å². The SMILES string of the molecule is COc1ccc(S(=O)(=O)N[C@@H](C)C(=O)NCc2cc(Br)ccc2OC(F)F)cc1. The first-order valence-electron chi connectivity index (χ1n) is 8.29. The lowest BCUT2D eigenvalue weighted by molar-refractivity contribution is -0.122. The Balaban J connectivity index is 2.03. The molecular formula is C18H19BrF2N2O5S. The summed E-state index contributed by atoms with van der Waals surface area (Å²) in [4.78, 5) is 12.3. The van der Waals surface area contributed by atoms with Gasteiger partial charge in [0.25, 0.3) is 0 Å². The van der Waals surface area contributed by atoms with E-state index in [1.165, 1.54) is 56.5 Å². The van der Waals surface area contributed by atoms with E-state index in [1.54, 1.807) is 0 Å². The molecule has 29 heavy (non-hydrogen) atoms. The molecule has 1 atom stereocenters. The van der Waals surface area contributed by atoms with Gasteiger partial charge in [0.05, 0.1) is 18.0 Å². The lowest BCUT2D eigenvalue weighted by atomic mass is 10.2. The number of ether oxygens (including phenoxy) is 2. The number of halogens is 3. The molecule has 0 aliphatic carbocycles. The van der Waals surface area contributed by atoms with Crippen LogP contribution < -0.4 is 19.5 Å². The number of methoxy groups -OCH3 is 1. The molecule has 11 heteroatoms. The van der Waals surface area contributed by atoms with Crippen molar-refractivity contribution in [1.29, 1.82) is 0 Å². The predicted molar refractivity (Wildman–Crippen MR) is 105 cm³/mol. The minimum Gasteiger partial charge on any atom is -0.497 e. The van der Waals surface area contributed by atoms with E-state index in [9.17, 15) is 22.0 Å². The van der Waals surface area contributed by atoms with E-state index in [1.807, 2.05) is 0 Å². The Hall–Kier alpha value is -2.24. The summed E-state index contributed by atoms with van der Waals surface area (Å²) in [5.74, 6) is -0.231. The Morgan fingerprint density at radius 1 is 1.17 bits per heavy atom. The van der Waals surface area contributed by atoms with Crippen LogP contribution in [0.5, 0.6) is 11.5 Å². The maximum Gasteiger partial charge on any atom is 0.387 e. The maximum absolute atomic E-state index is 12.5. The summed E-state index contributed by atoms with van der Waals surface area (Å²) >= 11 is 3.22. The van der Waals surface area contributed by atoms with Crippen molar-refractivity contribution in [2.75, 3.05) is 7.11 Å². The van der Waals surface area contributed by atoms with Crippen LogP contribution in [0.15, 0.2) is 51.8 Å². The van der Waals surface area contributed by atoms with Gasteiger partial charge >= 0.3 is 6.61 Å². The molecular weight excluding hydrogens is 474 g/mol. The molecule has 1 amide bonds. The van der Waals surface area contributed by atoms with Gasteiger partial charge in [-0.2, -0.15) is 13.5 Å². The Kier molecular flexibility index (Phi) is 7.94. The number of nitrogens with one attached hydrogen (secondary N) is 2. The van der Waals surface area contributed by atoms with Gasteiger partial charge in [0.1, 0.15) is 11.5 Å². The van der Waals surface area contributed by atoms with Crippen LogP contribution in [0.2, 0.25) is 0 Å². The highest BCUT2D eigenvalue weighted by Gasteiger charge is 2.22. The minimum atomic E-state index is -3.94. The van der Waals surface area contributed by atoms with E-state index < -0.39 is 28.6 Å². The van der Waals surface area contributed by atoms with Gasteiger partial charge in [0.15, 0.2) is 0 Å². The predicted octanol–water partition coefficient (Wildman–Crippen LogP) is 3.04. The van der Waals surface area contributed by atoms with E-state index in [0.29, 0.717) is 15.8 Å². The third-order valence-corrected chi connectivity index (χ3v) is 5.84. The highest BCUT2D eigenvalue weighted by atomic mass is 79.9. The molecule has 0 radical (unpaired) electrons. The second kappa shape index (κ2) is 9.99. The van der Waals surface area contributed by atoms with Crippen molar-refractivity contribution >= 4 is 31.9 Å². The fourth-order valence-electron chi connectivity index (χ4n) is 2.34. The molecule has 0 bridgehead atoms. The normalized spacial score (nSPS) is 12.5. The van der Waals surface area contributed by atoms with Gasteiger partial charge in [-0.15, -0.1) is 0 Å². The van der Waals surface area contributed by atoms with Crippen molar-refractivity contribution in [2.45, 2.75) is 31.0 Å². The Labute approximate surface area is 175 Å². The van der Waals surface area contributed by atoms with Crippen molar-refractivity contribution in [3.63, 3.8) is 0 Å². The number of alkyl halides is 2. The number of benzene rings is 2. The van der Waals surface area contributed by atoms with E-state index in [2.05, 4.69) is 30.7 Å². The Morgan fingerprint density at radius 3 is 2.41 bits per heavy atom. The fourth-order valence-corrected chi connectivity index (χ4v) is 3.95. The largest absolute Gasteiger partial charge is 0.497 e. The van der Waals surface area contributed by atoms with Gasteiger partial charge in [0.2, 0.25) is 15.9 Å². The second-order valence-corrected chi connectivity index (χ2v) is 8.50. The van der Waals surface area contributed by atoms with Crippen molar-refractivity contribution in [3.05, 3.63) is 52.5 Å². The molecule has 0 unspecified atom stereocenters. The zero-order chi connectivity index (χ0) is 21.6. The summed E-state index contributed by atoms with van der Waals surface area (Å²) in [6.45, 7) is -1.77. The number of hydrogen-bond donors (Lipinski definition) is 2. The second-order valence-electron chi connectivity index (χ2n) is 5.87. The number of amides is 1. The number of carbonyl (C=O) groups is 1. The van der Waals surface area contributed by atoms with Crippen LogP contribution in [-0.2, 0) is 21.4 Å². The first kappa shape index (κ1) is 23.0. The zero-order valence-electron chi connectivity index (χ0n) is 15.5. The van der Waals surface area contributed by atoms with Crippen LogP contribution in [0.25, 0.3) is 0 Å². The number of carbonyl (C=O) groups excluding carboxylic acids is 1. The maximum atomic E-state index is 12.5. The van der Waals surface area contributed by atoms with E-state index >= 15 is 0 Å². The van der Waals surface area contributed by atoms with Crippen molar-refractivity contribution in [2.24, 2.45) is 0 Å². The van der Waals surface area contributed by atoms with E-state index in [0.717, 1.165) is 0 Å². The van der Waals surface area contributed by atoms with Crippen LogP contribution in [-0.4, -0.2) is 34.1 Å². The lowest BCUT2D eigenvalue weighted by Gasteiger charge is -2.16. The number of sulfonamides is 1. The molecule has 2 aromatic rings. The summed E-state index contributed by atoms with van der Waals surface area (Å²) in [6.07, 6.45) is 0. The summed E-state index contributed by atoms with van der Waals surface area (Å²) in [7, 11) is -2.49. The third kappa shape index (κ3) is 6.65. The summed E-state index contributed by atoms with van der Waals surface area (Å²) in [6, 6.07) is 8.94. The summed E-state index contributed by atoms with van der Waals surface area (Å²) in [5.41, 5.74) is 0.304. The fraction of sp³-hybridized carbons (Fsp3) is 0.278. The molecule has 0 aromatic heterocycles. The highest BCUT2D eigenvalue weighted by molar-refractivity contribution is 9.10. The first-order chi connectivity index (χ1) is 13.6. The van der Waals surface area contributed by atoms with Gasteiger partial charge in [0, 0.05) is 16.6 Å². The topological polar surface area (TPSA) is 93.7 Å². The monoisotopic (exact) mass is 492 g/mol. The molecule has 0 heterocycles. The quantitative estimate of drug-likeness (QED) is 0.561. The van der Waals surface area contributed by atoms with Crippen molar-refractivity contribution in [3.8, 4) is 11.5 Å². The Morgan fingerprint density at radius 2 is 1.83 bits per heavy atom. The van der Waals surface area contributed by atoms with Gasteiger partial charge in [-0.3, -0.25) is 4.79 Å². The van der Waals surface area contributed by atoms with Crippen LogP contribution in [0.4, 0.5) is 8.78 Å². The number of hydrogen-bond acceptors (Lipinski definition) is 5. The van der Waals surface area contributed by atoms with Gasteiger partial charge in [-0.05, 0) is 49.4 Å². The molecule has 0 spiro atoms. The summed E-state index contributed by atoms with van der Waals surface area (Å²) < 4.78 is 62.1. The molecule has 158 valence electrons. The van der Waals surface area contributed by atoms with Gasteiger partial charge in [-0.25, -0.2) is 8.42 Å². The van der Waals surface area contributed by atoms with Gasteiger partial charge < -0.3 is 14.8 Å². The molecule has 0 saturated carbocycles. The summed E-state index contributed by atoms with van der Waals surface area (Å²) in [5, 5.41) is 2.50. The average Bonchev–Trinajstić information content (AvgIpc) is 2.67. The molecule has 2 N–H and O–H groups in total. The minimum absolute atomic E-state index is 0.0300. The molecule has 0 fully saturated rings. The Bertz CT molecular complexity index is 955. The van der Waals surface area contributed by atoms with Gasteiger partial charge in [-0.1, -0.05) is 15.9 Å². The molecule has 0 aliphatic heterocycles. The molecule has 2 rings (SSSR count). The van der Waals surface area contributed by atoms with Crippen LogP contribution >= 0.6 is 15.9 Å². The molecule has 7 nitrogen and oxygen atoms in total. The highest BCUT2D eigenvalue weighted by Crippen LogP contribution is 2.24. The lowest BCUT2D eigenvalue weighted by Crippen LogP contribution is -2.44. The molecule has 0 saturated heterocycles. The smallest absolute Gasteiger partial charge is 0.387 e. The first-order valence-corrected chi connectivity index (χ1v) is 10.6. The number of rotatable bonds is 9. The molecule has 2 aromatic carbocycles. The average molecular weight is 493 g/mol. The standard InChI is InChI=1S/C18H19BrF2N2O5S/c1-11(23-29(25,26)15-6-4-14(27-2)5-7-15)17(24)22-10-12-9-13(19)3-8-16(12)28-18(20)21/h3-9,11,18,23H,10H2,1-2H3,(H,22,24)/t11-/m0/s1. The zero-order valence-corrected chi connectivity index (χ0v) is 17.9. The third-order valence-electron chi connectivity index (χ3n) is 3.79. The van der Waals surface area contributed by atoms with E-state index in [4.69, 9.17) is 4.74 Å². The van der Waals surface area contributed by atoms with Crippen molar-refractivity contribution in [1.82, 2.24) is 10.0 Å². The van der Waals surface area contributed by atoms with E-state index in [-0.39, 0.29) is 17.2 Å². The molecule has 0 aliphatic rings.